The number of carbonyl (C=O) groups is 2. The number of likely N-dealkylation sites (tertiary alicyclic amines) is 1. The monoisotopic (exact) mass is 1200 g/mol. The highest BCUT2D eigenvalue weighted by Gasteiger charge is 2.49. The van der Waals surface area contributed by atoms with Gasteiger partial charge in [0.25, 0.3) is 0 Å². The minimum atomic E-state index is -1.30. The fraction of sp³-hybridized carbons (Fsp3) is 0.524. The number of alkyl halides is 3. The highest BCUT2D eigenvalue weighted by Crippen LogP contribution is 2.43. The summed E-state index contributed by atoms with van der Waals surface area (Å²) in [6.45, 7) is 15.7. The lowest BCUT2D eigenvalue weighted by atomic mass is 9.89. The van der Waals surface area contributed by atoms with Gasteiger partial charge in [-0.3, -0.25) is 0 Å². The van der Waals surface area contributed by atoms with Gasteiger partial charge in [0.15, 0.2) is 0 Å². The summed E-state index contributed by atoms with van der Waals surface area (Å²) in [5.41, 5.74) is -0.500. The van der Waals surface area contributed by atoms with Gasteiger partial charge in [-0.2, -0.15) is 0 Å². The number of hydrogen-bond acceptors (Lipinski definition) is 6. The number of amides is 4. The van der Waals surface area contributed by atoms with Gasteiger partial charge in [0.05, 0.1) is 25.3 Å². The highest BCUT2D eigenvalue weighted by molar-refractivity contribution is 6.76. The number of benzene rings is 4. The number of aliphatic hydroxyl groups is 2. The van der Waals surface area contributed by atoms with Crippen molar-refractivity contribution in [3.63, 3.8) is 0 Å². The third-order valence-corrected chi connectivity index (χ3v) is 19.5. The first kappa shape index (κ1) is 71.3. The Morgan fingerprint density at radius 3 is 1.45 bits per heavy atom. The van der Waals surface area contributed by atoms with E-state index in [1.165, 1.54) is 38.1 Å². The van der Waals surface area contributed by atoms with Crippen molar-refractivity contribution >= 4 is 51.0 Å². The molecule has 4 aliphatic heterocycles. The molecule has 0 radical (unpaired) electrons. The maximum absolute atomic E-state index is 15.5. The van der Waals surface area contributed by atoms with Crippen LogP contribution >= 0.6 is 11.6 Å². The third-order valence-electron chi connectivity index (χ3n) is 15.5. The molecule has 4 amide bonds. The topological polar surface area (TPSA) is 103 Å². The quantitative estimate of drug-likeness (QED) is 0.0623. The summed E-state index contributed by atoms with van der Waals surface area (Å²) in [6, 6.07) is 24.6. The first-order valence-corrected chi connectivity index (χ1v) is 35.4. The number of nitrogens with one attached hydrogen (secondary N) is 1. The van der Waals surface area contributed by atoms with Gasteiger partial charge in [-0.15, -0.1) is 11.6 Å². The lowest BCUT2D eigenvalue weighted by molar-refractivity contribution is 0.0356. The average molecular weight is 1200 g/mol. The lowest BCUT2D eigenvalue weighted by Gasteiger charge is -2.44. The van der Waals surface area contributed by atoms with Crippen molar-refractivity contribution in [3.05, 3.63) is 155 Å². The lowest BCUT2D eigenvalue weighted by Crippen LogP contribution is -2.58. The molecule has 8 rings (SSSR count). The van der Waals surface area contributed by atoms with E-state index < -0.39 is 100 Å². The maximum Gasteiger partial charge on any atom is 0.321 e. The van der Waals surface area contributed by atoms with E-state index in [1.807, 2.05) is 6.07 Å². The van der Waals surface area contributed by atoms with Crippen LogP contribution in [0.3, 0.4) is 0 Å². The molecule has 4 aliphatic rings. The molecule has 0 spiro atoms. The molecule has 3 N–H and O–H groups in total. The second-order valence-corrected chi connectivity index (χ2v) is 35.3. The zero-order valence-corrected chi connectivity index (χ0v) is 49.9. The Morgan fingerprint density at radius 1 is 0.646 bits per heavy atom. The van der Waals surface area contributed by atoms with Crippen LogP contribution < -0.4 is 5.32 Å². The Kier molecular flexibility index (Phi) is 27.2. The molecule has 4 heterocycles. The SMILES string of the molecule is C.C.C.CN(C(=O)N1CC(c2cc(F)ccc2F)=C[C@@]1(CO)c1ccccc1)[C@H]1CCN(CCC[Si](C)(C)C)C[C@H]1F.CN(C(=O)N1CC(c2cc(F)ccc2F)=C[C@@]1(CO)c1ccccc1)[C@H]1CCNC[C@H]1F.C[Si](C)(C)CCCCl. The van der Waals surface area contributed by atoms with Crippen molar-refractivity contribution in [2.45, 2.75) is 135 Å². The predicted molar refractivity (Wildman–Crippen MR) is 331 cm³/mol. The fourth-order valence-electron chi connectivity index (χ4n) is 11.0. The zero-order chi connectivity index (χ0) is 57.9. The molecule has 0 aromatic heterocycles. The Balaban J connectivity index is 0.000000372. The van der Waals surface area contributed by atoms with Crippen molar-refractivity contribution in [2.24, 2.45) is 0 Å². The molecule has 4 aromatic carbocycles. The molecule has 4 aromatic rings. The van der Waals surface area contributed by atoms with Crippen molar-refractivity contribution in [1.82, 2.24) is 29.8 Å². The van der Waals surface area contributed by atoms with Crippen molar-refractivity contribution in [3.8, 4) is 0 Å². The van der Waals surface area contributed by atoms with Crippen LogP contribution in [0.2, 0.25) is 51.4 Å². The summed E-state index contributed by atoms with van der Waals surface area (Å²) in [5.74, 6) is -1.60. The molecular formula is C63H93ClF6N6O4Si2. The van der Waals surface area contributed by atoms with Gasteiger partial charge < -0.3 is 40.0 Å². The maximum atomic E-state index is 15.5. The number of piperidine rings is 2. The zero-order valence-electron chi connectivity index (χ0n) is 47.1. The molecule has 0 unspecified atom stereocenters. The van der Waals surface area contributed by atoms with Crippen LogP contribution in [0.4, 0.5) is 35.9 Å². The van der Waals surface area contributed by atoms with Crippen molar-refractivity contribution < 1.29 is 46.1 Å². The summed E-state index contributed by atoms with van der Waals surface area (Å²) in [5, 5.41) is 24.2. The van der Waals surface area contributed by atoms with Crippen LogP contribution in [0.25, 0.3) is 11.1 Å². The minimum Gasteiger partial charge on any atom is -0.393 e. The van der Waals surface area contributed by atoms with E-state index in [4.69, 9.17) is 11.6 Å². The largest absolute Gasteiger partial charge is 0.393 e. The Hall–Kier alpha value is -4.96. The van der Waals surface area contributed by atoms with E-state index >= 15 is 4.39 Å². The molecule has 10 nitrogen and oxygen atoms in total. The van der Waals surface area contributed by atoms with E-state index in [0.29, 0.717) is 48.2 Å². The van der Waals surface area contributed by atoms with Gasteiger partial charge in [-0.05, 0) is 110 Å². The Labute approximate surface area is 493 Å². The summed E-state index contributed by atoms with van der Waals surface area (Å²) in [6.07, 6.45) is 4.02. The molecule has 456 valence electrons. The standard InChI is InChI=1S/C30H40F3N3O2Si.C24H26F3N3O2.C6H15ClSi.3CH4/c1-34(28-13-15-35(20-27(28)33)14-8-16-39(2,3)4)29(38)36-19-22(25-17-24(31)11-12-26(25)32)18-30(36,21-37)23-9-6-5-7-10-23;1-29(22-9-10-28-13-21(22)27)23(32)30-14-16(19-11-18(25)7-8-20(19)26)12-24(30,15-31)17-5-3-2-4-6-17;1-8(2,3)6-4-5-7;;;/h5-7,9-12,17-18,27-28,37H,8,13-16,19-21H2,1-4H3;2-8,11-12,21-22,28,31H,9-10,13-15H2,1H3;4-6H2,1-3H3;3*1H4/t27-,28+,30-;21-,22+,24-;;;;/m11..../s1. The molecule has 0 aliphatic carbocycles. The third kappa shape index (κ3) is 17.6. The van der Waals surface area contributed by atoms with Gasteiger partial charge >= 0.3 is 12.1 Å². The average Bonchev–Trinajstić information content (AvgIpc) is 3.58. The van der Waals surface area contributed by atoms with Gasteiger partial charge in [0.2, 0.25) is 0 Å². The number of halogens is 7. The molecule has 0 bridgehead atoms. The summed E-state index contributed by atoms with van der Waals surface area (Å²) in [7, 11) is 1.22. The number of nitrogens with zero attached hydrogens (tertiary/aromatic N) is 5. The van der Waals surface area contributed by atoms with Crippen molar-refractivity contribution in [2.75, 3.05) is 79.0 Å². The van der Waals surface area contributed by atoms with Gasteiger partial charge in [-0.25, -0.2) is 35.9 Å². The van der Waals surface area contributed by atoms with E-state index in [1.54, 1.807) is 80.8 Å². The Morgan fingerprint density at radius 2 is 1.07 bits per heavy atom. The number of aliphatic hydroxyl groups excluding tert-OH is 2. The van der Waals surface area contributed by atoms with Crippen LogP contribution in [0.15, 0.2) is 109 Å². The van der Waals surface area contributed by atoms with Gasteiger partial charge in [0.1, 0.15) is 46.7 Å². The highest BCUT2D eigenvalue weighted by atomic mass is 35.5. The molecule has 19 heteroatoms. The Bertz CT molecular complexity index is 2720. The van der Waals surface area contributed by atoms with Crippen molar-refractivity contribution in [1.29, 1.82) is 0 Å². The van der Waals surface area contributed by atoms with E-state index in [-0.39, 0.29) is 59.6 Å². The predicted octanol–water partition coefficient (Wildman–Crippen LogP) is 13.9. The summed E-state index contributed by atoms with van der Waals surface area (Å²) >= 11 is 5.53. The summed E-state index contributed by atoms with van der Waals surface area (Å²) in [4.78, 5) is 35.4. The fourth-order valence-corrected chi connectivity index (χ4v) is 13.9. The van der Waals surface area contributed by atoms with Crippen LogP contribution in [-0.2, 0) is 11.1 Å². The molecule has 0 saturated carbocycles. The molecule has 2 fully saturated rings. The molecule has 2 saturated heterocycles. The summed E-state index contributed by atoms with van der Waals surface area (Å²) < 4.78 is 87.3. The van der Waals surface area contributed by atoms with Crippen LogP contribution in [0.1, 0.15) is 70.2 Å². The van der Waals surface area contributed by atoms with Crippen LogP contribution in [0.5, 0.6) is 0 Å². The first-order chi connectivity index (χ1) is 37.4. The normalized spacial score (nSPS) is 22.6. The molecular weight excluding hydrogens is 1110 g/mol. The number of rotatable bonds is 15. The van der Waals surface area contributed by atoms with E-state index in [0.717, 1.165) is 55.2 Å². The van der Waals surface area contributed by atoms with E-state index in [2.05, 4.69) is 49.5 Å². The smallest absolute Gasteiger partial charge is 0.321 e. The number of urea groups is 2. The second kappa shape index (κ2) is 31.3. The van der Waals surface area contributed by atoms with Gasteiger partial charge in [0, 0.05) is 80.0 Å². The van der Waals surface area contributed by atoms with Crippen LogP contribution in [-0.4, -0.2) is 166 Å². The number of carbonyl (C=O) groups excluding carboxylic acids is 2. The van der Waals surface area contributed by atoms with E-state index in [9.17, 15) is 41.8 Å². The number of hydrogen-bond donors (Lipinski definition) is 3. The minimum absolute atomic E-state index is 0. The molecule has 6 atom stereocenters. The second-order valence-electron chi connectivity index (χ2n) is 23.7. The van der Waals surface area contributed by atoms with Crippen LogP contribution in [0, 0.1) is 23.3 Å². The first-order valence-electron chi connectivity index (χ1n) is 27.4. The van der Waals surface area contributed by atoms with Gasteiger partial charge in [-0.1, -0.05) is 134 Å². The molecule has 82 heavy (non-hydrogen) atoms.